The molecule has 0 heterocycles. The summed E-state index contributed by atoms with van der Waals surface area (Å²) < 4.78 is 10.7. The first-order valence-corrected chi connectivity index (χ1v) is 11.4. The lowest BCUT2D eigenvalue weighted by Gasteiger charge is -2.42. The molecule has 0 bridgehead atoms. The molecule has 38 heavy (non-hydrogen) atoms. The molecule has 0 spiro atoms. The van der Waals surface area contributed by atoms with Crippen LogP contribution in [0.15, 0.2) is 48.6 Å². The average Bonchev–Trinajstić information content (AvgIpc) is 2.87. The molecule has 2 aromatic rings. The van der Waals surface area contributed by atoms with Crippen molar-refractivity contribution in [3.8, 4) is 23.0 Å². The molecule has 202 valence electrons. The monoisotopic (exact) mass is 529 g/mol. The average molecular weight is 529 g/mol. The topological polar surface area (TPSA) is 203 Å². The lowest BCUT2D eigenvalue weighted by Crippen LogP contribution is -2.61. The van der Waals surface area contributed by atoms with Gasteiger partial charge in [0.2, 0.25) is 0 Å². The zero-order chi connectivity index (χ0) is 28.0. The van der Waals surface area contributed by atoms with E-state index in [0.717, 1.165) is 12.2 Å². The van der Waals surface area contributed by atoms with Gasteiger partial charge in [0.1, 0.15) is 12.2 Å². The number of ether oxygens (including phenoxy) is 2. The molecule has 12 heteroatoms. The molecule has 0 radical (unpaired) electrons. The molecule has 1 fully saturated rings. The summed E-state index contributed by atoms with van der Waals surface area (Å²) in [7, 11) is 1.28. The second-order valence-corrected chi connectivity index (χ2v) is 8.60. The maximum Gasteiger partial charge on any atom is 0.331 e. The molecule has 4 atom stereocenters. The number of phenolic OH excluding ortho intramolecular Hbond substituents is 4. The minimum atomic E-state index is -2.00. The van der Waals surface area contributed by atoms with Crippen LogP contribution in [-0.2, 0) is 23.9 Å². The van der Waals surface area contributed by atoms with Gasteiger partial charge in [0.25, 0.3) is 5.91 Å². The first-order valence-electron chi connectivity index (χ1n) is 11.4. The molecule has 1 amide bonds. The molecule has 1 aliphatic carbocycles. The van der Waals surface area contributed by atoms with Crippen molar-refractivity contribution in [2.75, 3.05) is 7.05 Å². The van der Waals surface area contributed by atoms with E-state index in [-0.39, 0.29) is 11.5 Å². The number of aliphatic hydroxyl groups excluding tert-OH is 2. The van der Waals surface area contributed by atoms with Crippen LogP contribution in [0.4, 0.5) is 0 Å². The Balaban J connectivity index is 1.76. The Bertz CT molecular complexity index is 1270. The molecular formula is C26H27NO11. The molecule has 1 aliphatic rings. The van der Waals surface area contributed by atoms with E-state index in [0.29, 0.717) is 11.1 Å². The van der Waals surface area contributed by atoms with Gasteiger partial charge in [0.15, 0.2) is 28.6 Å². The Kier molecular flexibility index (Phi) is 8.61. The molecular weight excluding hydrogens is 502 g/mol. The van der Waals surface area contributed by atoms with Crippen LogP contribution in [0, 0.1) is 0 Å². The fourth-order valence-corrected chi connectivity index (χ4v) is 3.92. The van der Waals surface area contributed by atoms with Gasteiger partial charge < -0.3 is 45.4 Å². The number of aromatic hydroxyl groups is 4. The third-order valence-electron chi connectivity index (χ3n) is 5.87. The van der Waals surface area contributed by atoms with E-state index in [4.69, 9.17) is 9.47 Å². The number of hydrogen-bond donors (Lipinski definition) is 7. The standard InChI is InChI=1S/C26H27NO11/c1-27-25(36)26(38-23(34)9-5-15-3-7-17(29)19(31)11-15)12-20(32)24(35)21(13-26)37-22(33)8-4-14-2-6-16(28)18(30)10-14/h2-11,20-21,24,28-32,35H,12-13H2,1H3,(H,27,36)/b8-4+,9-5+/t20-,21-,24-,26+/m1/s1. The summed E-state index contributed by atoms with van der Waals surface area (Å²) in [5.41, 5.74) is -1.31. The lowest BCUT2D eigenvalue weighted by molar-refractivity contribution is -0.198. The zero-order valence-electron chi connectivity index (χ0n) is 20.1. The number of esters is 2. The van der Waals surface area contributed by atoms with E-state index < -0.39 is 66.1 Å². The van der Waals surface area contributed by atoms with E-state index in [2.05, 4.69) is 5.32 Å². The van der Waals surface area contributed by atoms with Crippen molar-refractivity contribution in [1.29, 1.82) is 0 Å². The quantitative estimate of drug-likeness (QED) is 0.151. The summed E-state index contributed by atoms with van der Waals surface area (Å²) in [5.74, 6) is -4.27. The summed E-state index contributed by atoms with van der Waals surface area (Å²) in [6, 6.07) is 7.64. The number of nitrogens with one attached hydrogen (secondary N) is 1. The highest BCUT2D eigenvalue weighted by Crippen LogP contribution is 2.35. The first-order chi connectivity index (χ1) is 17.9. The Labute approximate surface area is 216 Å². The molecule has 0 saturated heterocycles. The zero-order valence-corrected chi connectivity index (χ0v) is 20.1. The molecule has 0 unspecified atom stereocenters. The smallest absolute Gasteiger partial charge is 0.331 e. The van der Waals surface area contributed by atoms with Gasteiger partial charge >= 0.3 is 11.9 Å². The van der Waals surface area contributed by atoms with Gasteiger partial charge in [-0.3, -0.25) is 4.79 Å². The second kappa shape index (κ2) is 11.7. The maximum absolute atomic E-state index is 12.8. The number of rotatable bonds is 7. The summed E-state index contributed by atoms with van der Waals surface area (Å²) in [4.78, 5) is 37.8. The van der Waals surface area contributed by atoms with Gasteiger partial charge in [-0.15, -0.1) is 0 Å². The third-order valence-corrected chi connectivity index (χ3v) is 5.87. The third kappa shape index (κ3) is 6.60. The van der Waals surface area contributed by atoms with E-state index in [9.17, 15) is 45.0 Å². The summed E-state index contributed by atoms with van der Waals surface area (Å²) >= 11 is 0. The molecule has 1 saturated carbocycles. The van der Waals surface area contributed by atoms with E-state index in [1.807, 2.05) is 0 Å². The fraction of sp³-hybridized carbons (Fsp3) is 0.269. The van der Waals surface area contributed by atoms with Crippen LogP contribution in [-0.4, -0.2) is 79.4 Å². The summed E-state index contributed by atoms with van der Waals surface area (Å²) in [5, 5.41) is 61.1. The number of phenols is 4. The molecule has 2 aromatic carbocycles. The SMILES string of the molecule is CNC(=O)[C@]1(OC(=O)/C=C/c2ccc(O)c(O)c2)C[C@@H](O)[C@@H](O)[C@H](OC(=O)/C=C/c2ccc(O)c(O)c2)C1. The number of hydrogen-bond acceptors (Lipinski definition) is 11. The molecule has 0 aliphatic heterocycles. The van der Waals surface area contributed by atoms with Crippen LogP contribution >= 0.6 is 0 Å². The normalized spacial score (nSPS) is 23.3. The van der Waals surface area contributed by atoms with Crippen molar-refractivity contribution < 1.29 is 54.5 Å². The Morgan fingerprint density at radius 2 is 1.37 bits per heavy atom. The number of likely N-dealkylation sites (N-methyl/N-ethyl adjacent to an activating group) is 1. The molecule has 3 rings (SSSR count). The number of aliphatic hydroxyl groups is 2. The lowest BCUT2D eigenvalue weighted by atomic mass is 9.78. The van der Waals surface area contributed by atoms with Crippen LogP contribution in [0.5, 0.6) is 23.0 Å². The minimum Gasteiger partial charge on any atom is -0.504 e. The second-order valence-electron chi connectivity index (χ2n) is 8.60. The van der Waals surface area contributed by atoms with Gasteiger partial charge in [-0.1, -0.05) is 12.1 Å². The van der Waals surface area contributed by atoms with Gasteiger partial charge in [-0.25, -0.2) is 9.59 Å². The highest BCUT2D eigenvalue weighted by molar-refractivity contribution is 5.93. The number of benzene rings is 2. The van der Waals surface area contributed by atoms with Gasteiger partial charge in [-0.05, 0) is 47.5 Å². The molecule has 7 N–H and O–H groups in total. The van der Waals surface area contributed by atoms with Crippen molar-refractivity contribution in [1.82, 2.24) is 5.32 Å². The van der Waals surface area contributed by atoms with Crippen molar-refractivity contribution >= 4 is 30.0 Å². The summed E-state index contributed by atoms with van der Waals surface area (Å²) in [6.45, 7) is 0. The van der Waals surface area contributed by atoms with Crippen LogP contribution in [0.2, 0.25) is 0 Å². The predicted octanol–water partition coefficient (Wildman–Crippen LogP) is 0.691. The maximum atomic E-state index is 12.8. The summed E-state index contributed by atoms with van der Waals surface area (Å²) in [6.07, 6.45) is -1.10. The predicted molar refractivity (Wildman–Crippen MR) is 132 cm³/mol. The van der Waals surface area contributed by atoms with Crippen LogP contribution in [0.25, 0.3) is 12.2 Å². The molecule has 0 aromatic heterocycles. The number of amides is 1. The highest BCUT2D eigenvalue weighted by Gasteiger charge is 2.53. The van der Waals surface area contributed by atoms with Gasteiger partial charge in [-0.2, -0.15) is 0 Å². The van der Waals surface area contributed by atoms with Gasteiger partial charge in [0.05, 0.1) is 6.10 Å². The van der Waals surface area contributed by atoms with Crippen molar-refractivity contribution in [2.45, 2.75) is 36.8 Å². The number of carbonyl (C=O) groups excluding carboxylic acids is 3. The Morgan fingerprint density at radius 1 is 0.842 bits per heavy atom. The fourth-order valence-electron chi connectivity index (χ4n) is 3.92. The van der Waals surface area contributed by atoms with Crippen LogP contribution < -0.4 is 5.32 Å². The Hall–Kier alpha value is -4.55. The molecule has 12 nitrogen and oxygen atoms in total. The number of carbonyl (C=O) groups is 3. The van der Waals surface area contributed by atoms with E-state index in [1.54, 1.807) is 0 Å². The minimum absolute atomic E-state index is 0.339. The Morgan fingerprint density at radius 3 is 1.87 bits per heavy atom. The van der Waals surface area contributed by atoms with Crippen LogP contribution in [0.1, 0.15) is 24.0 Å². The van der Waals surface area contributed by atoms with E-state index >= 15 is 0 Å². The van der Waals surface area contributed by atoms with E-state index in [1.165, 1.54) is 55.6 Å². The van der Waals surface area contributed by atoms with Crippen molar-refractivity contribution in [2.24, 2.45) is 0 Å². The largest absolute Gasteiger partial charge is 0.504 e. The van der Waals surface area contributed by atoms with Crippen molar-refractivity contribution in [3.05, 3.63) is 59.7 Å². The van der Waals surface area contributed by atoms with Gasteiger partial charge in [0, 0.05) is 32.0 Å². The first kappa shape index (κ1) is 28.0. The van der Waals surface area contributed by atoms with Crippen LogP contribution in [0.3, 0.4) is 0 Å². The van der Waals surface area contributed by atoms with Crippen molar-refractivity contribution in [3.63, 3.8) is 0 Å². The highest BCUT2D eigenvalue weighted by atomic mass is 16.6.